The Bertz CT molecular complexity index is 1030. The topological polar surface area (TPSA) is 46.0 Å². The molecule has 102 valence electrons. The zero-order valence-corrected chi connectivity index (χ0v) is 13.0. The average molecular weight is 360 g/mol. The summed E-state index contributed by atoms with van der Waals surface area (Å²) in [6, 6.07) is 13.2. The fourth-order valence-electron chi connectivity index (χ4n) is 2.49. The van der Waals surface area contributed by atoms with Crippen molar-refractivity contribution in [3.63, 3.8) is 0 Å². The lowest BCUT2D eigenvalue weighted by molar-refractivity contribution is 0.482. The molecule has 4 rings (SSSR count). The summed E-state index contributed by atoms with van der Waals surface area (Å²) >= 11 is 9.71. The Morgan fingerprint density at radius 1 is 0.905 bits per heavy atom. The van der Waals surface area contributed by atoms with Gasteiger partial charge >= 0.3 is 0 Å². The van der Waals surface area contributed by atoms with E-state index in [1.165, 1.54) is 0 Å². The molecule has 5 heteroatoms. The van der Waals surface area contributed by atoms with E-state index >= 15 is 0 Å². The van der Waals surface area contributed by atoms with E-state index < -0.39 is 0 Å². The van der Waals surface area contributed by atoms with Gasteiger partial charge in [-0.25, -0.2) is 9.97 Å². The van der Waals surface area contributed by atoms with Gasteiger partial charge in [0.05, 0.1) is 16.6 Å². The van der Waals surface area contributed by atoms with Crippen LogP contribution in [0.5, 0.6) is 5.75 Å². The quantitative estimate of drug-likeness (QED) is 0.353. The zero-order chi connectivity index (χ0) is 14.6. The molecule has 1 N–H and O–H groups in total. The Labute approximate surface area is 133 Å². The molecule has 0 saturated carbocycles. The van der Waals surface area contributed by atoms with Crippen LogP contribution in [0.25, 0.3) is 32.8 Å². The number of aromatic hydroxyl groups is 1. The molecule has 3 aromatic carbocycles. The van der Waals surface area contributed by atoms with Gasteiger partial charge in [0.15, 0.2) is 0 Å². The number of fused-ring (bicyclic) bond motifs is 4. The first-order chi connectivity index (χ1) is 10.1. The first-order valence-electron chi connectivity index (χ1n) is 6.31. The summed E-state index contributed by atoms with van der Waals surface area (Å²) in [7, 11) is 0. The van der Waals surface area contributed by atoms with Crippen molar-refractivity contribution >= 4 is 60.4 Å². The molecule has 0 fully saturated rings. The van der Waals surface area contributed by atoms with Crippen molar-refractivity contribution in [2.45, 2.75) is 0 Å². The van der Waals surface area contributed by atoms with Crippen LogP contribution in [-0.4, -0.2) is 15.1 Å². The first-order valence-corrected chi connectivity index (χ1v) is 7.48. The highest BCUT2D eigenvalue weighted by atomic mass is 79.9. The molecule has 0 amide bonds. The van der Waals surface area contributed by atoms with E-state index in [1.807, 2.05) is 42.5 Å². The molecule has 0 aliphatic rings. The number of hydrogen-bond donors (Lipinski definition) is 1. The summed E-state index contributed by atoms with van der Waals surface area (Å²) in [5.74, 6) is 0.0468. The van der Waals surface area contributed by atoms with Gasteiger partial charge in [0, 0.05) is 15.2 Å². The summed E-state index contributed by atoms with van der Waals surface area (Å²) in [6.07, 6.45) is 0. The Morgan fingerprint density at radius 2 is 1.62 bits per heavy atom. The predicted octanol–water partition coefficient (Wildman–Crippen LogP) is 5.06. The fraction of sp³-hybridized carbons (Fsp3) is 0. The van der Waals surface area contributed by atoms with E-state index in [9.17, 15) is 5.11 Å². The third kappa shape index (κ3) is 1.87. The highest BCUT2D eigenvalue weighted by molar-refractivity contribution is 9.10. The largest absolute Gasteiger partial charge is 0.506 e. The number of nitrogens with zero attached hydrogens (tertiary/aromatic N) is 2. The Hall–Kier alpha value is -1.91. The molecule has 4 aromatic rings. The molecule has 1 aromatic heterocycles. The SMILES string of the molecule is Oc1c(Cl)c2nc3ccc(Br)cc3nc2c2ccccc12. The minimum absolute atomic E-state index is 0.0468. The highest BCUT2D eigenvalue weighted by Crippen LogP contribution is 2.39. The second-order valence-corrected chi connectivity index (χ2v) is 6.06. The maximum Gasteiger partial charge on any atom is 0.144 e. The highest BCUT2D eigenvalue weighted by Gasteiger charge is 2.15. The maximum absolute atomic E-state index is 10.3. The van der Waals surface area contributed by atoms with Crippen LogP contribution in [0.1, 0.15) is 0 Å². The number of phenolic OH excluding ortho intramolecular Hbond substituents is 1. The van der Waals surface area contributed by atoms with Crippen molar-refractivity contribution in [2.75, 3.05) is 0 Å². The molecule has 0 aliphatic carbocycles. The van der Waals surface area contributed by atoms with Crippen LogP contribution in [0.3, 0.4) is 0 Å². The van der Waals surface area contributed by atoms with Crippen molar-refractivity contribution in [2.24, 2.45) is 0 Å². The van der Waals surface area contributed by atoms with Gasteiger partial charge in [-0.15, -0.1) is 0 Å². The van der Waals surface area contributed by atoms with Gasteiger partial charge in [-0.1, -0.05) is 51.8 Å². The number of halogens is 2. The van der Waals surface area contributed by atoms with Crippen molar-refractivity contribution in [1.29, 1.82) is 0 Å². The zero-order valence-electron chi connectivity index (χ0n) is 10.6. The average Bonchev–Trinajstić information content (AvgIpc) is 2.51. The lowest BCUT2D eigenvalue weighted by Crippen LogP contribution is -1.91. The minimum Gasteiger partial charge on any atom is -0.506 e. The van der Waals surface area contributed by atoms with Crippen LogP contribution in [-0.2, 0) is 0 Å². The summed E-state index contributed by atoms with van der Waals surface area (Å²) < 4.78 is 0.942. The number of hydrogen-bond acceptors (Lipinski definition) is 3. The molecule has 0 saturated heterocycles. The summed E-state index contributed by atoms with van der Waals surface area (Å²) in [4.78, 5) is 9.23. The summed E-state index contributed by atoms with van der Waals surface area (Å²) in [5, 5.41) is 12.0. The van der Waals surface area contributed by atoms with Crippen LogP contribution in [0.4, 0.5) is 0 Å². The smallest absolute Gasteiger partial charge is 0.144 e. The third-order valence-corrected chi connectivity index (χ3v) is 4.33. The van der Waals surface area contributed by atoms with Gasteiger partial charge in [-0.05, 0) is 18.2 Å². The molecule has 0 radical (unpaired) electrons. The van der Waals surface area contributed by atoms with E-state index in [-0.39, 0.29) is 10.8 Å². The van der Waals surface area contributed by atoms with Crippen LogP contribution < -0.4 is 0 Å². The molecule has 0 bridgehead atoms. The van der Waals surface area contributed by atoms with Gasteiger partial charge in [-0.2, -0.15) is 0 Å². The van der Waals surface area contributed by atoms with Gasteiger partial charge in [0.25, 0.3) is 0 Å². The number of phenols is 1. The maximum atomic E-state index is 10.3. The normalized spacial score (nSPS) is 11.5. The molecular weight excluding hydrogens is 352 g/mol. The molecule has 0 unspecified atom stereocenters. The van der Waals surface area contributed by atoms with E-state index in [4.69, 9.17) is 11.6 Å². The van der Waals surface area contributed by atoms with Crippen LogP contribution in [0.15, 0.2) is 46.9 Å². The molecule has 21 heavy (non-hydrogen) atoms. The Kier molecular flexibility index (Phi) is 2.77. The molecule has 3 nitrogen and oxygen atoms in total. The summed E-state index contributed by atoms with van der Waals surface area (Å²) in [6.45, 7) is 0. The Balaban J connectivity index is 2.30. The van der Waals surface area contributed by atoms with Crippen LogP contribution in [0, 0.1) is 0 Å². The number of rotatable bonds is 0. The van der Waals surface area contributed by atoms with Crippen molar-refractivity contribution in [1.82, 2.24) is 9.97 Å². The van der Waals surface area contributed by atoms with Gasteiger partial charge in [0.2, 0.25) is 0 Å². The molecular formula is C16H8BrClN2O. The second kappa shape index (κ2) is 4.55. The third-order valence-electron chi connectivity index (χ3n) is 3.48. The van der Waals surface area contributed by atoms with Gasteiger partial charge in [-0.3, -0.25) is 0 Å². The summed E-state index contributed by atoms with van der Waals surface area (Å²) in [5.41, 5.74) is 2.73. The lowest BCUT2D eigenvalue weighted by atomic mass is 10.1. The fourth-order valence-corrected chi connectivity index (χ4v) is 3.08. The molecule has 0 atom stereocenters. The number of benzene rings is 3. The van der Waals surface area contributed by atoms with Crippen molar-refractivity contribution < 1.29 is 5.11 Å². The van der Waals surface area contributed by atoms with Crippen molar-refractivity contribution in [3.8, 4) is 5.75 Å². The minimum atomic E-state index is 0.0468. The standard InChI is InChI=1S/C16H8BrClN2O/c17-8-5-6-11-12(7-8)20-14-9-3-1-2-4-10(9)16(21)13(18)15(14)19-11/h1-7,21H. The lowest BCUT2D eigenvalue weighted by Gasteiger charge is -2.09. The van der Waals surface area contributed by atoms with E-state index in [0.29, 0.717) is 16.4 Å². The predicted molar refractivity (Wildman–Crippen MR) is 88.9 cm³/mol. The monoisotopic (exact) mass is 358 g/mol. The van der Waals surface area contributed by atoms with Gasteiger partial charge < -0.3 is 5.11 Å². The Morgan fingerprint density at radius 3 is 2.43 bits per heavy atom. The molecule has 0 spiro atoms. The van der Waals surface area contributed by atoms with Crippen molar-refractivity contribution in [3.05, 3.63) is 52.0 Å². The first kappa shape index (κ1) is 12.8. The van der Waals surface area contributed by atoms with Crippen LogP contribution >= 0.6 is 27.5 Å². The second-order valence-electron chi connectivity index (χ2n) is 4.76. The van der Waals surface area contributed by atoms with Gasteiger partial charge in [0.1, 0.15) is 16.3 Å². The molecule has 1 heterocycles. The van der Waals surface area contributed by atoms with E-state index in [2.05, 4.69) is 25.9 Å². The number of aromatic nitrogens is 2. The van der Waals surface area contributed by atoms with E-state index in [1.54, 1.807) is 0 Å². The van der Waals surface area contributed by atoms with E-state index in [0.717, 1.165) is 20.9 Å². The van der Waals surface area contributed by atoms with Crippen LogP contribution in [0.2, 0.25) is 5.02 Å². The molecule has 0 aliphatic heterocycles.